The number of hydrogen-bond donors (Lipinski definition) is 0. The molecule has 0 aromatic heterocycles. The molecule has 2 heterocycles. The molecule has 1 atom stereocenters. The summed E-state index contributed by atoms with van der Waals surface area (Å²) in [6.07, 6.45) is 0. The Morgan fingerprint density at radius 2 is 1.60 bits per heavy atom. The largest absolute Gasteiger partial charge is 0.497 e. The highest BCUT2D eigenvalue weighted by Gasteiger charge is 2.32. The highest BCUT2D eigenvalue weighted by molar-refractivity contribution is 7.85. The van der Waals surface area contributed by atoms with Crippen molar-refractivity contribution in [2.45, 2.75) is 30.2 Å². The van der Waals surface area contributed by atoms with Crippen molar-refractivity contribution in [3.63, 3.8) is 0 Å². The van der Waals surface area contributed by atoms with E-state index in [4.69, 9.17) is 4.74 Å². The van der Waals surface area contributed by atoms with Crippen molar-refractivity contribution in [1.82, 2.24) is 4.90 Å². The molecular formula is C34H33N3O4S. The molecule has 1 unspecified atom stereocenters. The number of rotatable bonds is 5. The Morgan fingerprint density at radius 1 is 0.857 bits per heavy atom. The maximum atomic E-state index is 14.0. The van der Waals surface area contributed by atoms with Gasteiger partial charge in [-0.2, -0.15) is 0 Å². The first-order valence-corrected chi connectivity index (χ1v) is 15.2. The molecule has 214 valence electrons. The predicted octanol–water partition coefficient (Wildman–Crippen LogP) is 5.60. The summed E-state index contributed by atoms with van der Waals surface area (Å²) in [6.45, 7) is 6.92. The maximum absolute atomic E-state index is 14.0. The first-order chi connectivity index (χ1) is 20.3. The second-order valence-electron chi connectivity index (χ2n) is 10.7. The van der Waals surface area contributed by atoms with E-state index in [9.17, 15) is 13.8 Å². The van der Waals surface area contributed by atoms with E-state index < -0.39 is 10.8 Å². The number of nitrogens with zero attached hydrogens (tertiary/aromatic N) is 3. The summed E-state index contributed by atoms with van der Waals surface area (Å²) in [5.41, 5.74) is 5.67. The van der Waals surface area contributed by atoms with Crippen molar-refractivity contribution in [2.24, 2.45) is 0 Å². The number of anilines is 2. The van der Waals surface area contributed by atoms with Crippen molar-refractivity contribution in [3.05, 3.63) is 113 Å². The van der Waals surface area contributed by atoms with Crippen LogP contribution in [0.15, 0.2) is 94.7 Å². The van der Waals surface area contributed by atoms with Crippen LogP contribution in [0.2, 0.25) is 0 Å². The number of benzene rings is 4. The molecule has 4 aromatic rings. The monoisotopic (exact) mass is 579 g/mol. The van der Waals surface area contributed by atoms with Gasteiger partial charge in [-0.3, -0.25) is 9.59 Å². The van der Waals surface area contributed by atoms with Crippen LogP contribution in [0.25, 0.3) is 0 Å². The first-order valence-electron chi connectivity index (χ1n) is 14.0. The summed E-state index contributed by atoms with van der Waals surface area (Å²) < 4.78 is 19.1. The van der Waals surface area contributed by atoms with Gasteiger partial charge >= 0.3 is 0 Å². The number of carbonyl (C=O) groups excluding carboxylic acids is 2. The Labute approximate surface area is 248 Å². The molecule has 0 N–H and O–H groups in total. The molecule has 6 rings (SSSR count). The van der Waals surface area contributed by atoms with Crippen LogP contribution in [0, 0.1) is 13.8 Å². The molecule has 2 amide bonds. The van der Waals surface area contributed by atoms with Gasteiger partial charge in [0.1, 0.15) is 5.75 Å². The number of aryl methyl sites for hydroxylation is 2. The van der Waals surface area contributed by atoms with Crippen molar-refractivity contribution >= 4 is 34.0 Å². The Kier molecular flexibility index (Phi) is 7.56. The fraction of sp³-hybridized carbons (Fsp3) is 0.235. The highest BCUT2D eigenvalue weighted by atomic mass is 32.2. The van der Waals surface area contributed by atoms with E-state index in [-0.39, 0.29) is 11.8 Å². The summed E-state index contributed by atoms with van der Waals surface area (Å²) in [4.78, 5) is 34.6. The van der Waals surface area contributed by atoms with Gasteiger partial charge in [-0.05, 0) is 79.6 Å². The van der Waals surface area contributed by atoms with Gasteiger partial charge < -0.3 is 19.4 Å². The molecule has 0 radical (unpaired) electrons. The third kappa shape index (κ3) is 5.18. The van der Waals surface area contributed by atoms with E-state index in [0.717, 1.165) is 28.1 Å². The van der Waals surface area contributed by atoms with Crippen LogP contribution in [0.3, 0.4) is 0 Å². The predicted molar refractivity (Wildman–Crippen MR) is 165 cm³/mol. The molecule has 8 heteroatoms. The smallest absolute Gasteiger partial charge is 0.259 e. The lowest BCUT2D eigenvalue weighted by molar-refractivity contribution is 0.0746. The van der Waals surface area contributed by atoms with Crippen LogP contribution in [0.4, 0.5) is 11.4 Å². The topological polar surface area (TPSA) is 70.2 Å². The number of fused-ring (bicyclic) bond motifs is 2. The van der Waals surface area contributed by atoms with Crippen molar-refractivity contribution in [1.29, 1.82) is 0 Å². The summed E-state index contributed by atoms with van der Waals surface area (Å²) in [5, 5.41) is 0. The average Bonchev–Trinajstić information content (AvgIpc) is 3.11. The van der Waals surface area contributed by atoms with Crippen LogP contribution < -0.4 is 14.5 Å². The Hall–Kier alpha value is -4.43. The number of hydrogen-bond acceptors (Lipinski definition) is 5. The maximum Gasteiger partial charge on any atom is 0.259 e. The van der Waals surface area contributed by atoms with Crippen LogP contribution >= 0.6 is 0 Å². The summed E-state index contributed by atoms with van der Waals surface area (Å²) >= 11 is 0. The van der Waals surface area contributed by atoms with E-state index >= 15 is 0 Å². The third-order valence-corrected chi connectivity index (χ3v) is 9.60. The summed E-state index contributed by atoms with van der Waals surface area (Å²) in [7, 11) is 0.0756. The minimum absolute atomic E-state index is 0.0983. The molecule has 42 heavy (non-hydrogen) atoms. The van der Waals surface area contributed by atoms with Crippen molar-refractivity contribution < 1.29 is 18.5 Å². The molecule has 0 bridgehead atoms. The molecule has 2 aliphatic rings. The lowest BCUT2D eigenvalue weighted by Gasteiger charge is -2.36. The Morgan fingerprint density at radius 3 is 2.33 bits per heavy atom. The molecule has 0 spiro atoms. The Bertz CT molecular complexity index is 1690. The number of ether oxygens (including phenoxy) is 1. The quantitative estimate of drug-likeness (QED) is 0.308. The molecule has 4 aromatic carbocycles. The molecule has 1 saturated heterocycles. The second-order valence-corrected chi connectivity index (χ2v) is 12.2. The molecule has 1 fully saturated rings. The van der Waals surface area contributed by atoms with E-state index in [0.29, 0.717) is 59.3 Å². The summed E-state index contributed by atoms with van der Waals surface area (Å²) in [5.74, 6) is 0.486. The van der Waals surface area contributed by atoms with Crippen molar-refractivity contribution in [3.8, 4) is 5.75 Å². The summed E-state index contributed by atoms with van der Waals surface area (Å²) in [6, 6.07) is 26.4. The van der Waals surface area contributed by atoms with Crippen molar-refractivity contribution in [2.75, 3.05) is 43.1 Å². The zero-order valence-corrected chi connectivity index (χ0v) is 24.8. The van der Waals surface area contributed by atoms with E-state index in [1.807, 2.05) is 55.1 Å². The van der Waals surface area contributed by atoms with Crippen LogP contribution in [-0.4, -0.2) is 54.2 Å². The van der Waals surface area contributed by atoms with Gasteiger partial charge in [0, 0.05) is 37.4 Å². The van der Waals surface area contributed by atoms with E-state index in [1.54, 1.807) is 54.5 Å². The first kappa shape index (κ1) is 27.7. The number of methoxy groups -OCH3 is 1. The van der Waals surface area contributed by atoms with Gasteiger partial charge in [-0.15, -0.1) is 0 Å². The fourth-order valence-electron chi connectivity index (χ4n) is 5.64. The van der Waals surface area contributed by atoms with Crippen LogP contribution in [0.1, 0.15) is 37.4 Å². The molecule has 7 nitrogen and oxygen atoms in total. The van der Waals surface area contributed by atoms with Gasteiger partial charge in [0.15, 0.2) is 0 Å². The minimum Gasteiger partial charge on any atom is -0.497 e. The average molecular weight is 580 g/mol. The van der Waals surface area contributed by atoms with Gasteiger partial charge in [0.2, 0.25) is 0 Å². The van der Waals surface area contributed by atoms with Crippen LogP contribution in [-0.2, 0) is 17.3 Å². The molecule has 0 saturated carbocycles. The number of amides is 2. The second kappa shape index (κ2) is 11.4. The number of piperazine rings is 1. The fourth-order valence-corrected chi connectivity index (χ4v) is 6.98. The zero-order chi connectivity index (χ0) is 29.4. The van der Waals surface area contributed by atoms with E-state index in [2.05, 4.69) is 11.0 Å². The third-order valence-electron chi connectivity index (χ3n) is 8.10. The van der Waals surface area contributed by atoms with Gasteiger partial charge in [0.25, 0.3) is 11.8 Å². The SMILES string of the molecule is COc1ccc(N2CCN(C(=O)c3ccc4c(c3)N(Cc3cc(C)ccc3C)C(=O)c3ccccc3S4=O)CC2)cc1. The highest BCUT2D eigenvalue weighted by Crippen LogP contribution is 2.37. The minimum atomic E-state index is -1.57. The van der Waals surface area contributed by atoms with Gasteiger partial charge in [-0.1, -0.05) is 35.9 Å². The molecule has 0 aliphatic carbocycles. The normalized spacial score (nSPS) is 16.5. The molecular weight excluding hydrogens is 546 g/mol. The Balaban J connectivity index is 1.31. The standard InChI is InChI=1S/C34H33N3O4S/c1-23-8-9-24(2)26(20-23)22-37-30-21-25(10-15-32(30)42(40)31-7-5-4-6-29(31)34(37)39)33(38)36-18-16-35(17-19-36)27-11-13-28(41-3)14-12-27/h4-15,20-21H,16-19,22H2,1-3H3. The number of carbonyl (C=O) groups is 2. The van der Waals surface area contributed by atoms with E-state index in [1.165, 1.54) is 0 Å². The van der Waals surface area contributed by atoms with Gasteiger partial charge in [-0.25, -0.2) is 4.21 Å². The zero-order valence-electron chi connectivity index (χ0n) is 24.0. The lowest BCUT2D eigenvalue weighted by atomic mass is 10.0. The van der Waals surface area contributed by atoms with Gasteiger partial charge in [0.05, 0.1) is 45.5 Å². The van der Waals surface area contributed by atoms with Crippen LogP contribution in [0.5, 0.6) is 5.75 Å². The molecule has 2 aliphatic heterocycles. The lowest BCUT2D eigenvalue weighted by Crippen LogP contribution is -2.48.